The molecule has 0 spiro atoms. The van der Waals surface area contributed by atoms with Gasteiger partial charge in [-0.15, -0.1) is 0 Å². The van der Waals surface area contributed by atoms with Gasteiger partial charge in [0.1, 0.15) is 6.04 Å². The quantitative estimate of drug-likeness (QED) is 0.450. The van der Waals surface area contributed by atoms with Gasteiger partial charge < -0.3 is 14.8 Å². The van der Waals surface area contributed by atoms with Crippen LogP contribution < -0.4 is 11.2 Å². The molecule has 0 bridgehead atoms. The van der Waals surface area contributed by atoms with Crippen molar-refractivity contribution in [1.29, 1.82) is 0 Å². The van der Waals surface area contributed by atoms with E-state index >= 15 is 0 Å². The number of alkyl halides is 2. The molecular weight excluding hydrogens is 456 g/mol. The van der Waals surface area contributed by atoms with Crippen molar-refractivity contribution in [2.75, 3.05) is 0 Å². The summed E-state index contributed by atoms with van der Waals surface area (Å²) in [5, 5.41) is 9.59. The number of nitrogens with one attached hydrogen (secondary N) is 1. The summed E-state index contributed by atoms with van der Waals surface area (Å²) in [5.41, 5.74) is -2.47. The molecule has 0 saturated heterocycles. The number of halogens is 3. The summed E-state index contributed by atoms with van der Waals surface area (Å²) in [6, 6.07) is 6.90. The Bertz CT molecular complexity index is 1640. The Hall–Kier alpha value is -3.18. The molecule has 5 rings (SSSR count). The average molecular weight is 468 g/mol. The van der Waals surface area contributed by atoms with Gasteiger partial charge in [0.05, 0.1) is 25.7 Å². The third-order valence-electron chi connectivity index (χ3n) is 5.37. The van der Waals surface area contributed by atoms with E-state index in [4.69, 9.17) is 11.6 Å². The molecule has 0 radical (unpaired) electrons. The van der Waals surface area contributed by atoms with Gasteiger partial charge in [0.15, 0.2) is 0 Å². The topological polar surface area (TPSA) is 114 Å². The highest BCUT2D eigenvalue weighted by atomic mass is 35.5. The minimum atomic E-state index is -4.31. The second kappa shape index (κ2) is 6.17. The standard InChI is InChI=1S/C19H12ClF2N3O5S/c20-11-3-4-13(16-15(11)17(26)25(28)18(27)23-16)31(29,30)10-2-1-9-5-6-24(12(9)7-10)14-8-19(14,21)22/h1-7,14,28H,8H2,(H,23,27). The van der Waals surface area contributed by atoms with Crippen LogP contribution in [-0.2, 0) is 9.84 Å². The fraction of sp³-hybridized carbons (Fsp3) is 0.158. The van der Waals surface area contributed by atoms with Gasteiger partial charge >= 0.3 is 5.69 Å². The Kier molecular flexibility index (Phi) is 3.94. The second-order valence-electron chi connectivity index (χ2n) is 7.27. The van der Waals surface area contributed by atoms with Gasteiger partial charge in [0, 0.05) is 18.1 Å². The molecule has 31 heavy (non-hydrogen) atoms. The lowest BCUT2D eigenvalue weighted by Gasteiger charge is -2.11. The number of aromatic nitrogens is 3. The van der Waals surface area contributed by atoms with E-state index < -0.39 is 37.9 Å². The average Bonchev–Trinajstić information content (AvgIpc) is 3.15. The Labute approximate surface area is 176 Å². The number of rotatable bonds is 3. The third kappa shape index (κ3) is 2.80. The van der Waals surface area contributed by atoms with Crippen molar-refractivity contribution in [2.24, 2.45) is 0 Å². The van der Waals surface area contributed by atoms with E-state index in [0.717, 1.165) is 12.1 Å². The Morgan fingerprint density at radius 1 is 1.16 bits per heavy atom. The summed E-state index contributed by atoms with van der Waals surface area (Å²) < 4.78 is 55.0. The molecule has 2 heterocycles. The predicted octanol–water partition coefficient (Wildman–Crippen LogP) is 2.95. The summed E-state index contributed by atoms with van der Waals surface area (Å²) in [6.07, 6.45) is 1.15. The number of hydrogen-bond donors (Lipinski definition) is 2. The second-order valence-corrected chi connectivity index (χ2v) is 9.60. The van der Waals surface area contributed by atoms with E-state index in [1.165, 1.54) is 29.0 Å². The van der Waals surface area contributed by atoms with Gasteiger partial charge in [-0.1, -0.05) is 22.4 Å². The first kappa shape index (κ1) is 19.8. The molecule has 8 nitrogen and oxygen atoms in total. The number of nitrogens with zero attached hydrogens (tertiary/aromatic N) is 2. The van der Waals surface area contributed by atoms with E-state index in [1.807, 2.05) is 0 Å². The number of hydrogen-bond acceptors (Lipinski definition) is 5. The lowest BCUT2D eigenvalue weighted by Crippen LogP contribution is -2.33. The normalized spacial score (nSPS) is 18.0. The highest BCUT2D eigenvalue weighted by molar-refractivity contribution is 7.91. The van der Waals surface area contributed by atoms with Crippen LogP contribution in [0.3, 0.4) is 0 Å². The van der Waals surface area contributed by atoms with Crippen LogP contribution in [0.25, 0.3) is 21.8 Å². The molecule has 2 aromatic carbocycles. The Morgan fingerprint density at radius 3 is 2.55 bits per heavy atom. The van der Waals surface area contributed by atoms with Gasteiger partial charge in [-0.3, -0.25) is 4.79 Å². The van der Waals surface area contributed by atoms with Crippen LogP contribution in [0.15, 0.2) is 62.0 Å². The minimum absolute atomic E-state index is 0.168. The van der Waals surface area contributed by atoms with Crippen LogP contribution in [-0.4, -0.2) is 33.8 Å². The lowest BCUT2D eigenvalue weighted by atomic mass is 10.2. The Morgan fingerprint density at radius 2 is 1.87 bits per heavy atom. The largest absolute Gasteiger partial charge is 0.421 e. The summed E-state index contributed by atoms with van der Waals surface area (Å²) >= 11 is 5.99. The molecule has 12 heteroatoms. The molecular formula is C19H12ClF2N3O5S. The van der Waals surface area contributed by atoms with Crippen molar-refractivity contribution in [3.8, 4) is 0 Å². The Balaban J connectivity index is 1.75. The number of fused-ring (bicyclic) bond motifs is 2. The fourth-order valence-electron chi connectivity index (χ4n) is 3.67. The third-order valence-corrected chi connectivity index (χ3v) is 7.48. The van der Waals surface area contributed by atoms with Crippen LogP contribution >= 0.6 is 11.6 Å². The van der Waals surface area contributed by atoms with Crippen molar-refractivity contribution in [3.05, 3.63) is 68.5 Å². The van der Waals surface area contributed by atoms with E-state index in [2.05, 4.69) is 4.98 Å². The molecule has 1 saturated carbocycles. The maximum Gasteiger partial charge on any atom is 0.362 e. The van der Waals surface area contributed by atoms with Gasteiger partial charge in [-0.05, 0) is 35.7 Å². The number of sulfone groups is 1. The van der Waals surface area contributed by atoms with Crippen LogP contribution in [0.1, 0.15) is 12.5 Å². The SMILES string of the molecule is O=c1[nH]c2c(S(=O)(=O)c3ccc4ccn(C5CC5(F)F)c4c3)ccc(Cl)c2c(=O)n1O. The molecule has 1 fully saturated rings. The number of benzene rings is 2. The van der Waals surface area contributed by atoms with E-state index in [1.54, 1.807) is 6.07 Å². The van der Waals surface area contributed by atoms with Crippen molar-refractivity contribution >= 4 is 43.2 Å². The fourth-order valence-corrected chi connectivity index (χ4v) is 5.34. The first-order chi connectivity index (χ1) is 14.5. The van der Waals surface area contributed by atoms with Crippen molar-refractivity contribution in [2.45, 2.75) is 28.2 Å². The van der Waals surface area contributed by atoms with E-state index in [-0.39, 0.29) is 32.0 Å². The van der Waals surface area contributed by atoms with Crippen molar-refractivity contribution in [3.63, 3.8) is 0 Å². The molecule has 1 atom stereocenters. The van der Waals surface area contributed by atoms with Gasteiger partial charge in [-0.2, -0.15) is 0 Å². The van der Waals surface area contributed by atoms with E-state index in [9.17, 15) is 32.0 Å². The van der Waals surface area contributed by atoms with Crippen LogP contribution in [0, 0.1) is 0 Å². The first-order valence-electron chi connectivity index (χ1n) is 8.93. The van der Waals surface area contributed by atoms with E-state index in [0.29, 0.717) is 10.9 Å². The van der Waals surface area contributed by atoms with Crippen LogP contribution in [0.4, 0.5) is 8.78 Å². The van der Waals surface area contributed by atoms with Gasteiger partial charge in [-0.25, -0.2) is 22.0 Å². The van der Waals surface area contributed by atoms with Crippen molar-refractivity contribution < 1.29 is 22.4 Å². The number of H-pyrrole nitrogens is 1. The smallest absolute Gasteiger partial charge is 0.362 e. The molecule has 2 aromatic heterocycles. The summed E-state index contributed by atoms with van der Waals surface area (Å²) in [6.45, 7) is 0. The summed E-state index contributed by atoms with van der Waals surface area (Å²) in [5.74, 6) is -2.85. The summed E-state index contributed by atoms with van der Waals surface area (Å²) in [4.78, 5) is 25.6. The summed E-state index contributed by atoms with van der Waals surface area (Å²) in [7, 11) is -4.31. The lowest BCUT2D eigenvalue weighted by molar-refractivity contribution is 0.102. The molecule has 1 unspecified atom stereocenters. The zero-order valence-electron chi connectivity index (χ0n) is 15.3. The number of aromatic amines is 1. The molecule has 0 aliphatic heterocycles. The van der Waals surface area contributed by atoms with Crippen LogP contribution in [0.5, 0.6) is 0 Å². The maximum absolute atomic E-state index is 13.6. The minimum Gasteiger partial charge on any atom is -0.421 e. The molecule has 1 aliphatic rings. The highest BCUT2D eigenvalue weighted by Gasteiger charge is 2.58. The molecule has 0 amide bonds. The monoisotopic (exact) mass is 467 g/mol. The molecule has 4 aromatic rings. The van der Waals surface area contributed by atoms with Gasteiger partial charge in [0.2, 0.25) is 9.84 Å². The first-order valence-corrected chi connectivity index (χ1v) is 10.8. The van der Waals surface area contributed by atoms with Crippen LogP contribution in [0.2, 0.25) is 5.02 Å². The van der Waals surface area contributed by atoms with Crippen molar-refractivity contribution in [1.82, 2.24) is 14.3 Å². The molecule has 1 aliphatic carbocycles. The highest BCUT2D eigenvalue weighted by Crippen LogP contribution is 2.53. The molecule has 160 valence electrons. The maximum atomic E-state index is 13.6. The molecule has 2 N–H and O–H groups in total. The van der Waals surface area contributed by atoms with Gasteiger partial charge in [0.25, 0.3) is 11.5 Å². The zero-order chi connectivity index (χ0) is 22.3. The zero-order valence-corrected chi connectivity index (χ0v) is 16.9. The predicted molar refractivity (Wildman–Crippen MR) is 107 cm³/mol.